The molecule has 1 aliphatic carbocycles. The minimum absolute atomic E-state index is 0.0111. The molecule has 1 aliphatic heterocycles. The third kappa shape index (κ3) is 5.34. The molecule has 0 unspecified atom stereocenters. The predicted molar refractivity (Wildman–Crippen MR) is 137 cm³/mol. The molecule has 4 heterocycles. The predicted octanol–water partition coefficient (Wildman–Crippen LogP) is 2.71. The van der Waals surface area contributed by atoms with Crippen LogP contribution < -0.4 is 16.0 Å². The highest BCUT2D eigenvalue weighted by atomic mass is 32.1. The summed E-state index contributed by atoms with van der Waals surface area (Å²) in [5.41, 5.74) is 4.99. The van der Waals surface area contributed by atoms with Crippen LogP contribution in [0, 0.1) is 5.92 Å². The number of rotatable bonds is 7. The summed E-state index contributed by atoms with van der Waals surface area (Å²) in [6.45, 7) is 9.32. The van der Waals surface area contributed by atoms with Crippen molar-refractivity contribution in [2.75, 3.05) is 31.6 Å². The number of hydrogen-bond donors (Lipinski definition) is 3. The average molecular weight is 492 g/mol. The third-order valence-electron chi connectivity index (χ3n) is 6.21. The Kier molecular flexibility index (Phi) is 7.03. The summed E-state index contributed by atoms with van der Waals surface area (Å²) in [6.07, 6.45) is 9.98. The first kappa shape index (κ1) is 23.4. The summed E-state index contributed by atoms with van der Waals surface area (Å²) in [7, 11) is 0. The lowest BCUT2D eigenvalue weighted by Gasteiger charge is -2.21. The summed E-state index contributed by atoms with van der Waals surface area (Å²) in [6, 6.07) is 3.71. The number of imidazole rings is 1. The van der Waals surface area contributed by atoms with Gasteiger partial charge in [-0.05, 0) is 29.3 Å². The van der Waals surface area contributed by atoms with Gasteiger partial charge in [0.15, 0.2) is 5.13 Å². The van der Waals surface area contributed by atoms with Gasteiger partial charge >= 0.3 is 0 Å². The van der Waals surface area contributed by atoms with E-state index in [4.69, 9.17) is 4.74 Å². The van der Waals surface area contributed by atoms with Gasteiger partial charge in [-0.3, -0.25) is 9.78 Å². The summed E-state index contributed by atoms with van der Waals surface area (Å²) in [5.74, 6) is 0.142. The van der Waals surface area contributed by atoms with Crippen molar-refractivity contribution >= 4 is 28.5 Å². The number of carbonyl (C=O) groups is 1. The van der Waals surface area contributed by atoms with Gasteiger partial charge in [-0.15, -0.1) is 0 Å². The highest BCUT2D eigenvalue weighted by Gasteiger charge is 2.26. The number of nitrogens with zero attached hydrogens (tertiary/aromatic N) is 4. The summed E-state index contributed by atoms with van der Waals surface area (Å²) in [5, 5.41) is 10.6. The molecule has 0 bridgehead atoms. The molecule has 10 heteroatoms. The van der Waals surface area contributed by atoms with Gasteiger partial charge in [-0.25, -0.2) is 9.97 Å². The highest BCUT2D eigenvalue weighted by Crippen LogP contribution is 2.32. The van der Waals surface area contributed by atoms with Gasteiger partial charge in [0.1, 0.15) is 0 Å². The maximum Gasteiger partial charge on any atom is 0.237 e. The normalized spacial score (nSPS) is 20.0. The zero-order valence-corrected chi connectivity index (χ0v) is 20.5. The van der Waals surface area contributed by atoms with Crippen LogP contribution in [-0.4, -0.2) is 57.8 Å². The van der Waals surface area contributed by atoms with Gasteiger partial charge in [-0.2, -0.15) is 0 Å². The molecule has 5 rings (SSSR count). The number of allylic oxidation sites excluding steroid dienone is 1. The van der Waals surface area contributed by atoms with Crippen LogP contribution in [0.15, 0.2) is 54.9 Å². The van der Waals surface area contributed by atoms with E-state index in [0.29, 0.717) is 39.3 Å². The molecule has 0 aromatic carbocycles. The van der Waals surface area contributed by atoms with Crippen LogP contribution in [0.3, 0.4) is 0 Å². The number of hydrogen-bond acceptors (Lipinski definition) is 8. The van der Waals surface area contributed by atoms with Crippen molar-refractivity contribution in [2.45, 2.75) is 25.9 Å². The molecule has 9 nitrogen and oxygen atoms in total. The Bertz CT molecular complexity index is 1230. The van der Waals surface area contributed by atoms with E-state index in [-0.39, 0.29) is 17.9 Å². The van der Waals surface area contributed by atoms with E-state index >= 15 is 0 Å². The minimum atomic E-state index is -0.233. The van der Waals surface area contributed by atoms with Crippen molar-refractivity contribution in [3.05, 3.63) is 66.3 Å². The Morgan fingerprint density at radius 1 is 1.34 bits per heavy atom. The lowest BCUT2D eigenvalue weighted by molar-refractivity contribution is -0.124. The van der Waals surface area contributed by atoms with Crippen molar-refractivity contribution < 1.29 is 9.53 Å². The maximum absolute atomic E-state index is 12.7. The molecule has 0 radical (unpaired) electrons. The molecule has 0 saturated carbocycles. The van der Waals surface area contributed by atoms with E-state index in [1.54, 1.807) is 23.7 Å². The molecule has 3 aromatic heterocycles. The lowest BCUT2D eigenvalue weighted by atomic mass is 10.0. The zero-order chi connectivity index (χ0) is 24.2. The largest absolute Gasteiger partial charge is 0.380 e. The van der Waals surface area contributed by atoms with Crippen LogP contribution in [-0.2, 0) is 22.5 Å². The summed E-state index contributed by atoms with van der Waals surface area (Å²) in [4.78, 5) is 26.9. The second-order valence-corrected chi connectivity index (χ2v) is 9.80. The average Bonchev–Trinajstić information content (AvgIpc) is 3.42. The molecule has 3 aromatic rings. The molecule has 2 atom stereocenters. The number of ether oxygens (including phenoxy) is 1. The molecule has 182 valence electrons. The quantitative estimate of drug-likeness (QED) is 0.467. The van der Waals surface area contributed by atoms with Gasteiger partial charge in [-0.1, -0.05) is 24.8 Å². The van der Waals surface area contributed by atoms with E-state index in [0.717, 1.165) is 38.2 Å². The first-order chi connectivity index (χ1) is 17.1. The van der Waals surface area contributed by atoms with Crippen LogP contribution >= 0.6 is 11.3 Å². The Balaban J connectivity index is 1.23. The van der Waals surface area contributed by atoms with Gasteiger partial charge < -0.3 is 25.3 Å². The van der Waals surface area contributed by atoms with Crippen LogP contribution in [0.1, 0.15) is 18.3 Å². The topological polar surface area (TPSA) is 106 Å². The molecular weight excluding hydrogens is 462 g/mol. The van der Waals surface area contributed by atoms with Crippen molar-refractivity contribution in [1.82, 2.24) is 30.2 Å². The van der Waals surface area contributed by atoms with Crippen molar-refractivity contribution in [1.29, 1.82) is 0 Å². The van der Waals surface area contributed by atoms with E-state index in [1.165, 1.54) is 0 Å². The van der Waals surface area contributed by atoms with Crippen molar-refractivity contribution in [2.24, 2.45) is 5.92 Å². The fourth-order valence-corrected chi connectivity index (χ4v) is 5.12. The zero-order valence-electron chi connectivity index (χ0n) is 19.7. The number of carbonyl (C=O) groups excluding carboxylic acids is 1. The fraction of sp³-hybridized carbons (Fsp3) is 0.360. The van der Waals surface area contributed by atoms with E-state index in [2.05, 4.69) is 48.1 Å². The van der Waals surface area contributed by atoms with Crippen LogP contribution in [0.2, 0.25) is 0 Å². The number of pyridine rings is 1. The Morgan fingerprint density at radius 2 is 2.20 bits per heavy atom. The molecule has 1 amide bonds. The summed E-state index contributed by atoms with van der Waals surface area (Å²) >= 11 is 1.58. The second kappa shape index (κ2) is 10.5. The van der Waals surface area contributed by atoms with Crippen LogP contribution in [0.25, 0.3) is 16.5 Å². The first-order valence-corrected chi connectivity index (χ1v) is 12.6. The Labute approximate surface area is 208 Å². The second-order valence-electron chi connectivity index (χ2n) is 8.77. The van der Waals surface area contributed by atoms with Crippen molar-refractivity contribution in [3.63, 3.8) is 0 Å². The third-order valence-corrected chi connectivity index (χ3v) is 7.17. The van der Waals surface area contributed by atoms with Crippen LogP contribution in [0.4, 0.5) is 5.13 Å². The van der Waals surface area contributed by atoms with E-state index in [1.807, 2.05) is 31.6 Å². The number of amides is 1. The van der Waals surface area contributed by atoms with Gasteiger partial charge in [0.05, 0.1) is 41.8 Å². The SMILES string of the molecule is C=C1Cc2ncn(CCNC(=O)[C@H]3NCCOC[C@H]3C)c2C=C1Nc1ncc(-c2ccncc2)s1. The van der Waals surface area contributed by atoms with Crippen LogP contribution in [0.5, 0.6) is 0 Å². The Morgan fingerprint density at radius 3 is 3.06 bits per heavy atom. The number of fused-ring (bicyclic) bond motifs is 1. The molecule has 2 aliphatic rings. The molecule has 35 heavy (non-hydrogen) atoms. The standard InChI is InChI=1S/C25H29N7O2S/c1-16-11-20-21(12-19(16)31-25-29-13-22(35-25)18-3-5-26-6-4-18)32(15-30-20)9-7-28-24(33)23-17(2)14-34-10-8-27-23/h3-6,12-13,15,17,23,27H,1,7-11,14H2,2H3,(H,28,33)(H,29,31)/t17-,23+/m1/s1. The number of anilines is 1. The maximum atomic E-state index is 12.7. The molecular formula is C25H29N7O2S. The monoisotopic (exact) mass is 491 g/mol. The van der Waals surface area contributed by atoms with Gasteiger partial charge in [0, 0.05) is 56.3 Å². The highest BCUT2D eigenvalue weighted by molar-refractivity contribution is 7.18. The molecule has 3 N–H and O–H groups in total. The smallest absolute Gasteiger partial charge is 0.237 e. The van der Waals surface area contributed by atoms with E-state index in [9.17, 15) is 4.79 Å². The lowest BCUT2D eigenvalue weighted by Crippen LogP contribution is -2.48. The fourth-order valence-electron chi connectivity index (χ4n) is 4.29. The van der Waals surface area contributed by atoms with Gasteiger partial charge in [0.2, 0.25) is 5.91 Å². The van der Waals surface area contributed by atoms with Crippen molar-refractivity contribution in [3.8, 4) is 10.4 Å². The number of aromatic nitrogens is 4. The minimum Gasteiger partial charge on any atom is -0.380 e. The van der Waals surface area contributed by atoms with Gasteiger partial charge in [0.25, 0.3) is 0 Å². The molecule has 1 fully saturated rings. The number of thiazole rings is 1. The first-order valence-electron chi connectivity index (χ1n) is 11.7. The summed E-state index contributed by atoms with van der Waals surface area (Å²) < 4.78 is 7.59. The number of nitrogens with one attached hydrogen (secondary N) is 3. The van der Waals surface area contributed by atoms with E-state index < -0.39 is 0 Å². The molecule has 0 spiro atoms. The molecule has 1 saturated heterocycles. The Hall–Kier alpha value is -3.34.